The summed E-state index contributed by atoms with van der Waals surface area (Å²) < 4.78 is 39.1. The highest BCUT2D eigenvalue weighted by Gasteiger charge is 2.38. The normalized spacial score (nSPS) is 17.8. The van der Waals surface area contributed by atoms with Crippen LogP contribution in [0.4, 0.5) is 13.2 Å². The number of alkyl halides is 3. The molecule has 2 aromatic heterocycles. The number of rotatable bonds is 4. The number of methoxy groups -OCH3 is 1. The number of ether oxygens (including phenoxy) is 1. The van der Waals surface area contributed by atoms with Gasteiger partial charge in [-0.2, -0.15) is 13.2 Å². The third-order valence-corrected chi connectivity index (χ3v) is 5.31. The van der Waals surface area contributed by atoms with E-state index >= 15 is 0 Å². The highest BCUT2D eigenvalue weighted by atomic mass is 19.4. The standard InChI is InChI=1S/C19H23N5O2.C2HF3O2/c1-22-13-21-16-12-23(10-14-6-5-7-20-18(14)26-2)11-15(17(16)22)19(25)24-8-3-4-9-24;3-2(4,5)1(6)7/h3-7,13,15H,8-12H2,1-2H3;(H,6,7). The minimum Gasteiger partial charge on any atom is -0.481 e. The van der Waals surface area contributed by atoms with Crippen molar-refractivity contribution in [2.75, 3.05) is 26.7 Å². The maximum absolute atomic E-state index is 13.1. The molecule has 2 aliphatic heterocycles. The zero-order valence-corrected chi connectivity index (χ0v) is 18.1. The monoisotopic (exact) mass is 467 g/mol. The number of carbonyl (C=O) groups excluding carboxylic acids is 1. The summed E-state index contributed by atoms with van der Waals surface area (Å²) in [6, 6.07) is 3.92. The molecule has 2 aliphatic rings. The Hall–Kier alpha value is -3.41. The number of carbonyl (C=O) groups is 2. The van der Waals surface area contributed by atoms with Crippen molar-refractivity contribution >= 4 is 11.9 Å². The molecule has 1 amide bonds. The van der Waals surface area contributed by atoms with Gasteiger partial charge in [0.1, 0.15) is 0 Å². The molecule has 178 valence electrons. The molecule has 1 unspecified atom stereocenters. The van der Waals surface area contributed by atoms with Crippen LogP contribution in [-0.2, 0) is 29.7 Å². The predicted molar refractivity (Wildman–Crippen MR) is 110 cm³/mol. The number of imidazole rings is 1. The number of aryl methyl sites for hydroxylation is 1. The van der Waals surface area contributed by atoms with Gasteiger partial charge in [0.05, 0.1) is 30.7 Å². The second-order valence-electron chi connectivity index (χ2n) is 7.60. The Morgan fingerprint density at radius 3 is 2.52 bits per heavy atom. The molecule has 0 radical (unpaired) electrons. The van der Waals surface area contributed by atoms with Crippen LogP contribution in [0.15, 0.2) is 36.8 Å². The number of hydrogen-bond acceptors (Lipinski definition) is 6. The van der Waals surface area contributed by atoms with Crippen LogP contribution in [0, 0.1) is 0 Å². The van der Waals surface area contributed by atoms with E-state index in [1.54, 1.807) is 19.6 Å². The number of halogens is 3. The molecule has 33 heavy (non-hydrogen) atoms. The molecule has 12 heteroatoms. The summed E-state index contributed by atoms with van der Waals surface area (Å²) in [6.07, 6.45) is 2.54. The second kappa shape index (κ2) is 10.0. The van der Waals surface area contributed by atoms with Gasteiger partial charge in [-0.05, 0) is 6.07 Å². The second-order valence-corrected chi connectivity index (χ2v) is 7.60. The molecule has 0 aliphatic carbocycles. The molecule has 0 spiro atoms. The van der Waals surface area contributed by atoms with Crippen LogP contribution in [0.3, 0.4) is 0 Å². The third kappa shape index (κ3) is 5.69. The van der Waals surface area contributed by atoms with Gasteiger partial charge in [-0.15, -0.1) is 0 Å². The van der Waals surface area contributed by atoms with Crippen LogP contribution in [0.2, 0.25) is 0 Å². The summed E-state index contributed by atoms with van der Waals surface area (Å²) in [4.78, 5) is 35.0. The molecule has 4 heterocycles. The number of hydrogen-bond donors (Lipinski definition) is 1. The number of aliphatic carboxylic acids is 1. The average Bonchev–Trinajstić information content (AvgIpc) is 3.43. The molecule has 0 fully saturated rings. The van der Waals surface area contributed by atoms with Crippen LogP contribution >= 0.6 is 0 Å². The number of nitrogens with zero attached hydrogens (tertiary/aromatic N) is 5. The number of fused-ring (bicyclic) bond motifs is 1. The Balaban J connectivity index is 0.000000383. The van der Waals surface area contributed by atoms with Crippen molar-refractivity contribution in [3.05, 3.63) is 53.8 Å². The van der Waals surface area contributed by atoms with Crippen LogP contribution < -0.4 is 4.74 Å². The van der Waals surface area contributed by atoms with Crippen molar-refractivity contribution < 1.29 is 32.6 Å². The number of aromatic nitrogens is 3. The van der Waals surface area contributed by atoms with Crippen molar-refractivity contribution in [1.82, 2.24) is 24.3 Å². The summed E-state index contributed by atoms with van der Waals surface area (Å²) in [6.45, 7) is 3.45. The number of amides is 1. The molecule has 0 aromatic carbocycles. The first-order valence-electron chi connectivity index (χ1n) is 10.1. The van der Waals surface area contributed by atoms with E-state index < -0.39 is 12.1 Å². The molecule has 0 saturated heterocycles. The fraction of sp³-hybridized carbons (Fsp3) is 0.429. The highest BCUT2D eigenvalue weighted by molar-refractivity contribution is 5.84. The minimum absolute atomic E-state index is 0.169. The van der Waals surface area contributed by atoms with E-state index in [2.05, 4.69) is 14.9 Å². The van der Waals surface area contributed by atoms with Gasteiger partial charge in [0.25, 0.3) is 0 Å². The first kappa shape index (κ1) is 24.2. The summed E-state index contributed by atoms with van der Waals surface area (Å²) in [7, 11) is 3.60. The fourth-order valence-electron chi connectivity index (χ4n) is 3.84. The van der Waals surface area contributed by atoms with E-state index in [1.807, 2.05) is 40.8 Å². The Labute approximate surface area is 188 Å². The van der Waals surface area contributed by atoms with Crippen molar-refractivity contribution in [2.24, 2.45) is 7.05 Å². The number of carboxylic acids is 1. The Kier molecular flexibility index (Phi) is 7.36. The first-order valence-corrected chi connectivity index (χ1v) is 10.1. The summed E-state index contributed by atoms with van der Waals surface area (Å²) in [5.74, 6) is -2.16. The maximum atomic E-state index is 13.1. The lowest BCUT2D eigenvalue weighted by atomic mass is 9.96. The zero-order chi connectivity index (χ0) is 24.2. The summed E-state index contributed by atoms with van der Waals surface area (Å²) in [5.41, 5.74) is 3.03. The van der Waals surface area contributed by atoms with Gasteiger partial charge in [0, 0.05) is 51.5 Å². The van der Waals surface area contributed by atoms with Crippen LogP contribution in [0.25, 0.3) is 0 Å². The smallest absolute Gasteiger partial charge is 0.481 e. The van der Waals surface area contributed by atoms with E-state index in [0.29, 0.717) is 32.1 Å². The topological polar surface area (TPSA) is 101 Å². The van der Waals surface area contributed by atoms with Crippen molar-refractivity contribution in [3.63, 3.8) is 0 Å². The molecular weight excluding hydrogens is 443 g/mol. The quantitative estimate of drug-likeness (QED) is 0.686. The maximum Gasteiger partial charge on any atom is 0.490 e. The number of carboxylic acid groups (broad SMARTS) is 1. The average molecular weight is 467 g/mol. The molecule has 9 nitrogen and oxygen atoms in total. The Bertz CT molecular complexity index is 1030. The minimum atomic E-state index is -5.08. The van der Waals surface area contributed by atoms with E-state index in [4.69, 9.17) is 14.6 Å². The van der Waals surface area contributed by atoms with Crippen molar-refractivity contribution in [3.8, 4) is 5.88 Å². The SMILES string of the molecule is COc1ncccc1CN1Cc2ncn(C)c2C(C(=O)N2CC=CC2)C1.O=C(O)C(F)(F)F. The predicted octanol–water partition coefficient (Wildman–Crippen LogP) is 1.95. The van der Waals surface area contributed by atoms with Crippen LogP contribution in [0.1, 0.15) is 22.9 Å². The molecule has 1 atom stereocenters. The molecule has 4 rings (SSSR count). The molecule has 2 aromatic rings. The van der Waals surface area contributed by atoms with Crippen molar-refractivity contribution in [1.29, 1.82) is 0 Å². The molecule has 0 bridgehead atoms. The fourth-order valence-corrected chi connectivity index (χ4v) is 3.84. The Morgan fingerprint density at radius 2 is 1.91 bits per heavy atom. The Morgan fingerprint density at radius 1 is 1.24 bits per heavy atom. The van der Waals surface area contributed by atoms with E-state index in [-0.39, 0.29) is 11.8 Å². The van der Waals surface area contributed by atoms with E-state index in [0.717, 1.165) is 23.5 Å². The van der Waals surface area contributed by atoms with Gasteiger partial charge < -0.3 is 19.3 Å². The molecular formula is C21H24F3N5O4. The van der Waals surface area contributed by atoms with Gasteiger partial charge in [0.2, 0.25) is 11.8 Å². The van der Waals surface area contributed by atoms with E-state index in [9.17, 15) is 18.0 Å². The lowest BCUT2D eigenvalue weighted by molar-refractivity contribution is -0.192. The highest BCUT2D eigenvalue weighted by Crippen LogP contribution is 2.31. The summed E-state index contributed by atoms with van der Waals surface area (Å²) >= 11 is 0. The van der Waals surface area contributed by atoms with E-state index in [1.165, 1.54) is 0 Å². The van der Waals surface area contributed by atoms with Gasteiger partial charge >= 0.3 is 12.1 Å². The van der Waals surface area contributed by atoms with Gasteiger partial charge in [-0.1, -0.05) is 18.2 Å². The lowest BCUT2D eigenvalue weighted by Crippen LogP contribution is -2.43. The van der Waals surface area contributed by atoms with Gasteiger partial charge in [-0.3, -0.25) is 9.69 Å². The largest absolute Gasteiger partial charge is 0.490 e. The third-order valence-electron chi connectivity index (χ3n) is 5.31. The molecule has 0 saturated carbocycles. The van der Waals surface area contributed by atoms with Crippen LogP contribution in [-0.4, -0.2) is 74.2 Å². The zero-order valence-electron chi connectivity index (χ0n) is 18.1. The summed E-state index contributed by atoms with van der Waals surface area (Å²) in [5, 5.41) is 7.12. The van der Waals surface area contributed by atoms with Gasteiger partial charge in [-0.25, -0.2) is 14.8 Å². The number of pyridine rings is 1. The van der Waals surface area contributed by atoms with Crippen LogP contribution in [0.5, 0.6) is 5.88 Å². The van der Waals surface area contributed by atoms with Gasteiger partial charge in [0.15, 0.2) is 0 Å². The molecule has 1 N–H and O–H groups in total. The lowest BCUT2D eigenvalue weighted by Gasteiger charge is -2.34. The first-order chi connectivity index (χ1) is 15.6. The van der Waals surface area contributed by atoms with Crippen molar-refractivity contribution in [2.45, 2.75) is 25.2 Å².